The SMILES string of the molecule is CC1(C)C(=O)N(Cc2ccccc2)[C@]2(c3ccccc3)C[C@]12C. The van der Waals surface area contributed by atoms with Crippen LogP contribution in [0.1, 0.15) is 38.3 Å². The molecule has 1 aliphatic carbocycles. The number of hydrogen-bond acceptors (Lipinski definition) is 1. The zero-order valence-corrected chi connectivity index (χ0v) is 14.0. The molecule has 0 bridgehead atoms. The van der Waals surface area contributed by atoms with Gasteiger partial charge in [0.2, 0.25) is 5.91 Å². The van der Waals surface area contributed by atoms with Crippen LogP contribution in [-0.2, 0) is 16.9 Å². The minimum Gasteiger partial charge on any atom is -0.328 e. The summed E-state index contributed by atoms with van der Waals surface area (Å²) in [7, 11) is 0. The van der Waals surface area contributed by atoms with Gasteiger partial charge in [-0.3, -0.25) is 4.79 Å². The van der Waals surface area contributed by atoms with Gasteiger partial charge in [0.1, 0.15) is 0 Å². The number of carbonyl (C=O) groups excluding carboxylic acids is 1. The summed E-state index contributed by atoms with van der Waals surface area (Å²) in [6, 6.07) is 20.9. The van der Waals surface area contributed by atoms with Crippen molar-refractivity contribution in [3.63, 3.8) is 0 Å². The summed E-state index contributed by atoms with van der Waals surface area (Å²) in [5, 5.41) is 0. The van der Waals surface area contributed by atoms with Crippen LogP contribution in [0, 0.1) is 10.8 Å². The van der Waals surface area contributed by atoms with Crippen LogP contribution in [0.15, 0.2) is 60.7 Å². The standard InChI is InChI=1S/C21H23NO/c1-19(2)18(23)22(14-16-10-6-4-7-11-16)21(15-20(19,21)3)17-12-8-5-9-13-17/h4-13H,14-15H2,1-3H3/t20-,21+/m1/s1. The fraction of sp³-hybridized carbons (Fsp3) is 0.381. The van der Waals surface area contributed by atoms with Crippen molar-refractivity contribution in [2.24, 2.45) is 10.8 Å². The average molecular weight is 305 g/mol. The highest BCUT2D eigenvalue weighted by Crippen LogP contribution is 2.78. The van der Waals surface area contributed by atoms with E-state index in [2.05, 4.69) is 62.1 Å². The van der Waals surface area contributed by atoms with Gasteiger partial charge < -0.3 is 4.90 Å². The molecule has 0 radical (unpaired) electrons. The lowest BCUT2D eigenvalue weighted by molar-refractivity contribution is -0.139. The molecule has 2 heteroatoms. The van der Waals surface area contributed by atoms with Crippen LogP contribution in [0.5, 0.6) is 0 Å². The molecule has 1 saturated heterocycles. The normalized spacial score (nSPS) is 31.1. The molecule has 2 atom stereocenters. The van der Waals surface area contributed by atoms with Crippen LogP contribution in [0.2, 0.25) is 0 Å². The largest absolute Gasteiger partial charge is 0.328 e. The number of fused-ring (bicyclic) bond motifs is 1. The number of hydrogen-bond donors (Lipinski definition) is 0. The van der Waals surface area contributed by atoms with Gasteiger partial charge in [0.15, 0.2) is 0 Å². The van der Waals surface area contributed by atoms with Crippen LogP contribution in [0.25, 0.3) is 0 Å². The van der Waals surface area contributed by atoms with Crippen molar-refractivity contribution in [1.82, 2.24) is 4.90 Å². The third-order valence-electron chi connectivity index (χ3n) is 6.45. The zero-order chi connectivity index (χ0) is 16.3. The van der Waals surface area contributed by atoms with E-state index >= 15 is 0 Å². The molecule has 1 saturated carbocycles. The van der Waals surface area contributed by atoms with E-state index in [9.17, 15) is 4.79 Å². The zero-order valence-electron chi connectivity index (χ0n) is 14.0. The number of nitrogens with zero attached hydrogens (tertiary/aromatic N) is 1. The summed E-state index contributed by atoms with van der Waals surface area (Å²) in [4.78, 5) is 15.3. The minimum atomic E-state index is -0.322. The van der Waals surface area contributed by atoms with Crippen molar-refractivity contribution in [1.29, 1.82) is 0 Å². The molecule has 2 nitrogen and oxygen atoms in total. The number of piperidine rings is 1. The predicted molar refractivity (Wildman–Crippen MR) is 91.6 cm³/mol. The van der Waals surface area contributed by atoms with Crippen LogP contribution >= 0.6 is 0 Å². The Balaban J connectivity index is 1.82. The second-order valence-electron chi connectivity index (χ2n) is 7.74. The molecule has 2 fully saturated rings. The third-order valence-corrected chi connectivity index (χ3v) is 6.45. The molecule has 1 amide bonds. The summed E-state index contributed by atoms with van der Waals surface area (Å²) in [6.45, 7) is 7.20. The van der Waals surface area contributed by atoms with E-state index in [1.807, 2.05) is 24.3 Å². The topological polar surface area (TPSA) is 20.3 Å². The molecule has 1 aliphatic heterocycles. The summed E-state index contributed by atoms with van der Waals surface area (Å²) in [6.07, 6.45) is 1.05. The quantitative estimate of drug-likeness (QED) is 0.825. The smallest absolute Gasteiger partial charge is 0.229 e. The number of rotatable bonds is 3. The van der Waals surface area contributed by atoms with Gasteiger partial charge in [0, 0.05) is 12.0 Å². The molecule has 4 rings (SSSR count). The van der Waals surface area contributed by atoms with Gasteiger partial charge in [-0.05, 0) is 17.5 Å². The van der Waals surface area contributed by atoms with Crippen molar-refractivity contribution in [2.75, 3.05) is 0 Å². The Bertz CT molecular complexity index is 752. The first kappa shape index (κ1) is 14.5. The van der Waals surface area contributed by atoms with Crippen molar-refractivity contribution in [3.05, 3.63) is 71.8 Å². The molecule has 0 N–H and O–H groups in total. The van der Waals surface area contributed by atoms with Gasteiger partial charge in [0.25, 0.3) is 0 Å². The first-order chi connectivity index (χ1) is 10.9. The van der Waals surface area contributed by atoms with E-state index in [1.165, 1.54) is 11.1 Å². The molecule has 0 aromatic heterocycles. The molecule has 23 heavy (non-hydrogen) atoms. The van der Waals surface area contributed by atoms with Gasteiger partial charge in [-0.25, -0.2) is 0 Å². The van der Waals surface area contributed by atoms with E-state index in [0.29, 0.717) is 6.54 Å². The second kappa shape index (κ2) is 4.47. The van der Waals surface area contributed by atoms with Crippen LogP contribution in [0.4, 0.5) is 0 Å². The molecule has 2 aromatic carbocycles. The highest BCUT2D eigenvalue weighted by Gasteiger charge is 2.81. The lowest BCUT2D eigenvalue weighted by atomic mass is 9.76. The Morgan fingerprint density at radius 3 is 2.09 bits per heavy atom. The van der Waals surface area contributed by atoms with Crippen molar-refractivity contribution in [2.45, 2.75) is 39.3 Å². The van der Waals surface area contributed by atoms with Gasteiger partial charge in [-0.1, -0.05) is 81.4 Å². The summed E-state index contributed by atoms with van der Waals surface area (Å²) >= 11 is 0. The molecular formula is C21H23NO. The molecule has 2 aromatic rings. The van der Waals surface area contributed by atoms with E-state index in [1.54, 1.807) is 0 Å². The molecule has 0 unspecified atom stereocenters. The maximum atomic E-state index is 13.2. The van der Waals surface area contributed by atoms with Crippen molar-refractivity contribution >= 4 is 5.91 Å². The fourth-order valence-electron chi connectivity index (χ4n) is 4.61. The maximum absolute atomic E-state index is 13.2. The first-order valence-electron chi connectivity index (χ1n) is 8.35. The Morgan fingerprint density at radius 2 is 1.48 bits per heavy atom. The molecule has 118 valence electrons. The lowest BCUT2D eigenvalue weighted by Gasteiger charge is -2.30. The van der Waals surface area contributed by atoms with Crippen molar-refractivity contribution < 1.29 is 4.79 Å². The minimum absolute atomic E-state index is 0.00716. The fourth-order valence-corrected chi connectivity index (χ4v) is 4.61. The molecule has 2 aliphatic rings. The molecular weight excluding hydrogens is 282 g/mol. The van der Waals surface area contributed by atoms with Crippen LogP contribution < -0.4 is 0 Å². The summed E-state index contributed by atoms with van der Waals surface area (Å²) in [5.74, 6) is 0.277. The number of carbonyl (C=O) groups is 1. The van der Waals surface area contributed by atoms with Gasteiger partial charge in [0.05, 0.1) is 11.0 Å². The van der Waals surface area contributed by atoms with E-state index < -0.39 is 0 Å². The number of amides is 1. The number of likely N-dealkylation sites (tertiary alicyclic amines) is 1. The second-order valence-corrected chi connectivity index (χ2v) is 7.74. The molecule has 0 spiro atoms. The van der Waals surface area contributed by atoms with Gasteiger partial charge >= 0.3 is 0 Å². The number of benzene rings is 2. The van der Waals surface area contributed by atoms with Crippen LogP contribution in [0.3, 0.4) is 0 Å². The van der Waals surface area contributed by atoms with E-state index in [-0.39, 0.29) is 22.3 Å². The maximum Gasteiger partial charge on any atom is 0.229 e. The van der Waals surface area contributed by atoms with Gasteiger partial charge in [-0.15, -0.1) is 0 Å². The molecule has 1 heterocycles. The Hall–Kier alpha value is -2.09. The van der Waals surface area contributed by atoms with E-state index in [4.69, 9.17) is 0 Å². The van der Waals surface area contributed by atoms with E-state index in [0.717, 1.165) is 6.42 Å². The third kappa shape index (κ3) is 1.67. The summed E-state index contributed by atoms with van der Waals surface area (Å²) < 4.78 is 0. The van der Waals surface area contributed by atoms with Gasteiger partial charge in [-0.2, -0.15) is 0 Å². The Morgan fingerprint density at radius 1 is 0.913 bits per heavy atom. The first-order valence-corrected chi connectivity index (χ1v) is 8.35. The highest BCUT2D eigenvalue weighted by atomic mass is 16.2. The van der Waals surface area contributed by atoms with Crippen LogP contribution in [-0.4, -0.2) is 10.8 Å². The predicted octanol–water partition coefficient (Wildman–Crippen LogP) is 4.36. The average Bonchev–Trinajstić information content (AvgIpc) is 3.19. The monoisotopic (exact) mass is 305 g/mol. The Labute approximate surface area is 138 Å². The lowest BCUT2D eigenvalue weighted by Crippen LogP contribution is -2.39. The highest BCUT2D eigenvalue weighted by molar-refractivity contribution is 5.90. The summed E-state index contributed by atoms with van der Waals surface area (Å²) in [5.41, 5.74) is 2.01. The van der Waals surface area contributed by atoms with Crippen molar-refractivity contribution in [3.8, 4) is 0 Å². The Kier molecular flexibility index (Phi) is 2.82.